The fraction of sp³-hybridized carbons (Fsp3) is 0.167. The van der Waals surface area contributed by atoms with Crippen molar-refractivity contribution in [3.8, 4) is 0 Å². The van der Waals surface area contributed by atoms with Crippen LogP contribution in [0.15, 0.2) is 9.59 Å². The lowest BCUT2D eigenvalue weighted by atomic mass is 10.5. The molecule has 0 aliphatic heterocycles. The Morgan fingerprint density at radius 2 is 1.85 bits per heavy atom. The zero-order valence-electron chi connectivity index (χ0n) is 6.76. The molecular weight excluding hydrogens is 176 g/mol. The molecule has 0 saturated heterocycles. The lowest BCUT2D eigenvalue weighted by Crippen LogP contribution is -2.21. The van der Waals surface area contributed by atoms with E-state index in [-0.39, 0.29) is 5.48 Å². The summed E-state index contributed by atoms with van der Waals surface area (Å²) in [7, 11) is 0. The van der Waals surface area contributed by atoms with Crippen LogP contribution < -0.4 is 11.2 Å². The van der Waals surface area contributed by atoms with Crippen LogP contribution in [0.3, 0.4) is 0 Å². The number of nitrogens with one attached hydrogen (secondary N) is 3. The van der Waals surface area contributed by atoms with Gasteiger partial charge in [0.2, 0.25) is 0 Å². The van der Waals surface area contributed by atoms with Crippen molar-refractivity contribution in [3.63, 3.8) is 0 Å². The average Bonchev–Trinajstić information content (AvgIpc) is 2.29. The second kappa shape index (κ2) is 2.87. The zero-order valence-corrected chi connectivity index (χ0v) is 6.76. The Hall–Kier alpha value is -1.89. The first-order chi connectivity index (χ1) is 5.66. The minimum atomic E-state index is -0.543. The van der Waals surface area contributed by atoms with E-state index in [1.165, 1.54) is 0 Å². The lowest BCUT2D eigenvalue weighted by Gasteiger charge is -1.83. The monoisotopic (exact) mass is 184 g/mol. The van der Waals surface area contributed by atoms with Crippen LogP contribution in [-0.4, -0.2) is 25.4 Å². The van der Waals surface area contributed by atoms with Gasteiger partial charge in [0.15, 0.2) is 5.65 Å². The SMILES string of the molecule is Cc1nc2[nH]c(=O)[nH]c(=O)c2[nH]1.O. The van der Waals surface area contributed by atoms with E-state index in [9.17, 15) is 9.59 Å². The fourth-order valence-corrected chi connectivity index (χ4v) is 1.05. The summed E-state index contributed by atoms with van der Waals surface area (Å²) >= 11 is 0. The first-order valence-corrected chi connectivity index (χ1v) is 3.36. The molecule has 2 rings (SSSR count). The summed E-state index contributed by atoms with van der Waals surface area (Å²) in [5.41, 5.74) is -0.401. The second-order valence-electron chi connectivity index (χ2n) is 2.45. The van der Waals surface area contributed by atoms with Crippen LogP contribution in [0, 0.1) is 6.92 Å². The van der Waals surface area contributed by atoms with E-state index in [0.29, 0.717) is 17.0 Å². The van der Waals surface area contributed by atoms with E-state index < -0.39 is 11.2 Å². The number of aromatic nitrogens is 4. The topological polar surface area (TPSA) is 126 Å². The van der Waals surface area contributed by atoms with Gasteiger partial charge in [0.25, 0.3) is 5.56 Å². The maximum atomic E-state index is 11.1. The number of imidazole rings is 1. The van der Waals surface area contributed by atoms with E-state index in [1.54, 1.807) is 6.92 Å². The number of aryl methyl sites for hydroxylation is 1. The predicted octanol–water partition coefficient (Wildman–Crippen LogP) is -1.58. The van der Waals surface area contributed by atoms with Crippen molar-refractivity contribution in [1.29, 1.82) is 0 Å². The van der Waals surface area contributed by atoms with Gasteiger partial charge in [0.05, 0.1) is 0 Å². The molecule has 7 nitrogen and oxygen atoms in total. The second-order valence-corrected chi connectivity index (χ2v) is 2.45. The number of hydrogen-bond donors (Lipinski definition) is 3. The Balaban J connectivity index is 0.000000845. The standard InChI is InChI=1S/C6H6N4O2.H2O/c1-2-7-3-4(8-2)9-6(12)10-5(3)11;/h1H3,(H3,7,8,9,10,11,12);1H2. The Morgan fingerprint density at radius 3 is 2.54 bits per heavy atom. The smallest absolute Gasteiger partial charge is 0.327 e. The molecule has 5 N–H and O–H groups in total. The summed E-state index contributed by atoms with van der Waals surface area (Å²) < 4.78 is 0. The summed E-state index contributed by atoms with van der Waals surface area (Å²) in [6, 6.07) is 0. The van der Waals surface area contributed by atoms with E-state index in [1.807, 2.05) is 0 Å². The van der Waals surface area contributed by atoms with E-state index >= 15 is 0 Å². The predicted molar refractivity (Wildman–Crippen MR) is 45.7 cm³/mol. The number of rotatable bonds is 0. The van der Waals surface area contributed by atoms with Gasteiger partial charge in [-0.3, -0.25) is 14.8 Å². The molecule has 7 heteroatoms. The summed E-state index contributed by atoms with van der Waals surface area (Å²) in [4.78, 5) is 32.9. The first kappa shape index (κ1) is 9.20. The molecule has 70 valence electrons. The van der Waals surface area contributed by atoms with Gasteiger partial charge in [-0.2, -0.15) is 0 Å². The van der Waals surface area contributed by atoms with Crippen LogP contribution in [0.2, 0.25) is 0 Å². The van der Waals surface area contributed by atoms with Crippen molar-refractivity contribution in [2.75, 3.05) is 0 Å². The molecule has 0 aliphatic rings. The van der Waals surface area contributed by atoms with Crippen molar-refractivity contribution in [3.05, 3.63) is 26.7 Å². The molecule has 0 fully saturated rings. The third-order valence-electron chi connectivity index (χ3n) is 1.51. The van der Waals surface area contributed by atoms with Crippen molar-refractivity contribution in [2.24, 2.45) is 0 Å². The number of hydrogen-bond acceptors (Lipinski definition) is 3. The summed E-state index contributed by atoms with van der Waals surface area (Å²) in [5.74, 6) is 0.595. The van der Waals surface area contributed by atoms with Gasteiger partial charge in [0.1, 0.15) is 11.3 Å². The Bertz CT molecular complexity index is 535. The third-order valence-corrected chi connectivity index (χ3v) is 1.51. The molecule has 2 aromatic rings. The molecule has 0 radical (unpaired) electrons. The van der Waals surface area contributed by atoms with E-state index in [2.05, 4.69) is 19.9 Å². The first-order valence-electron chi connectivity index (χ1n) is 3.36. The van der Waals surface area contributed by atoms with Crippen molar-refractivity contribution in [1.82, 2.24) is 19.9 Å². The highest BCUT2D eigenvalue weighted by Crippen LogP contribution is 1.98. The lowest BCUT2D eigenvalue weighted by molar-refractivity contribution is 0.824. The third kappa shape index (κ3) is 1.36. The molecule has 0 bridgehead atoms. The van der Waals surface area contributed by atoms with Gasteiger partial charge < -0.3 is 10.5 Å². The molecule has 0 aliphatic carbocycles. The highest BCUT2D eigenvalue weighted by molar-refractivity contribution is 5.68. The highest BCUT2D eigenvalue weighted by atomic mass is 16.2. The van der Waals surface area contributed by atoms with Crippen LogP contribution in [-0.2, 0) is 0 Å². The molecule has 2 aromatic heterocycles. The van der Waals surface area contributed by atoms with Crippen LogP contribution in [0.1, 0.15) is 5.82 Å². The van der Waals surface area contributed by atoms with E-state index in [4.69, 9.17) is 0 Å². The van der Waals surface area contributed by atoms with Crippen molar-refractivity contribution in [2.45, 2.75) is 6.92 Å². The molecule has 13 heavy (non-hydrogen) atoms. The highest BCUT2D eigenvalue weighted by Gasteiger charge is 2.03. The fourth-order valence-electron chi connectivity index (χ4n) is 1.05. The van der Waals surface area contributed by atoms with Gasteiger partial charge >= 0.3 is 5.69 Å². The Morgan fingerprint density at radius 1 is 1.15 bits per heavy atom. The summed E-state index contributed by atoms with van der Waals surface area (Å²) in [5, 5.41) is 0. The molecule has 0 spiro atoms. The Kier molecular flexibility index (Phi) is 2.03. The minimum Gasteiger partial charge on any atom is -0.412 e. The molecule has 2 heterocycles. The van der Waals surface area contributed by atoms with Gasteiger partial charge in [-0.25, -0.2) is 9.78 Å². The molecule has 0 saturated carbocycles. The maximum absolute atomic E-state index is 11.1. The number of nitrogens with zero attached hydrogens (tertiary/aromatic N) is 1. The van der Waals surface area contributed by atoms with Gasteiger partial charge in [0, 0.05) is 0 Å². The molecule has 0 atom stereocenters. The summed E-state index contributed by atoms with van der Waals surface area (Å²) in [6.07, 6.45) is 0. The molecule has 0 amide bonds. The van der Waals surface area contributed by atoms with Crippen molar-refractivity contribution >= 4 is 11.2 Å². The molecule has 0 aromatic carbocycles. The number of fused-ring (bicyclic) bond motifs is 1. The minimum absolute atomic E-state index is 0. The van der Waals surface area contributed by atoms with Gasteiger partial charge in [-0.05, 0) is 6.92 Å². The maximum Gasteiger partial charge on any atom is 0.327 e. The normalized spacial score (nSPS) is 9.92. The summed E-state index contributed by atoms with van der Waals surface area (Å²) in [6.45, 7) is 1.71. The average molecular weight is 184 g/mol. The van der Waals surface area contributed by atoms with Crippen LogP contribution in [0.25, 0.3) is 11.2 Å². The molecular formula is C6H8N4O3. The molecule has 0 unspecified atom stereocenters. The van der Waals surface area contributed by atoms with Crippen molar-refractivity contribution < 1.29 is 5.48 Å². The van der Waals surface area contributed by atoms with Crippen LogP contribution in [0.5, 0.6) is 0 Å². The number of aromatic amines is 3. The largest absolute Gasteiger partial charge is 0.412 e. The zero-order chi connectivity index (χ0) is 8.72. The van der Waals surface area contributed by atoms with Crippen LogP contribution in [0.4, 0.5) is 0 Å². The Labute approximate surface area is 71.1 Å². The number of H-pyrrole nitrogens is 3. The van der Waals surface area contributed by atoms with Gasteiger partial charge in [-0.1, -0.05) is 0 Å². The quantitative estimate of drug-likeness (QED) is 0.457. The van der Waals surface area contributed by atoms with Gasteiger partial charge in [-0.15, -0.1) is 0 Å². The van der Waals surface area contributed by atoms with Crippen LogP contribution >= 0.6 is 0 Å². The van der Waals surface area contributed by atoms with E-state index in [0.717, 1.165) is 0 Å².